The molecule has 0 bridgehead atoms. The molecule has 0 aliphatic heterocycles. The van der Waals surface area contributed by atoms with Crippen LogP contribution >= 0.6 is 27.3 Å². The first-order valence-electron chi connectivity index (χ1n) is 6.25. The third kappa shape index (κ3) is 4.44. The van der Waals surface area contributed by atoms with Gasteiger partial charge >= 0.3 is 0 Å². The highest BCUT2D eigenvalue weighted by atomic mass is 79.9. The molecule has 5 nitrogen and oxygen atoms in total. The molecular weight excluding hydrogens is 368 g/mol. The Balaban J connectivity index is 1.94. The van der Waals surface area contributed by atoms with E-state index in [1.165, 1.54) is 17.4 Å². The van der Waals surface area contributed by atoms with Crippen LogP contribution in [0, 0.1) is 0 Å². The van der Waals surface area contributed by atoms with E-state index < -0.39 is 5.91 Å². The number of carbonyl (C=O) groups is 2. The number of nitrogens with one attached hydrogen (secondary N) is 2. The number of rotatable bonds is 4. The van der Waals surface area contributed by atoms with Crippen LogP contribution in [0.5, 0.6) is 5.75 Å². The number of hydrazine groups is 1. The van der Waals surface area contributed by atoms with Crippen molar-refractivity contribution in [1.29, 1.82) is 0 Å². The number of amides is 2. The topological polar surface area (TPSA) is 67.4 Å². The molecule has 2 aromatic rings. The van der Waals surface area contributed by atoms with Gasteiger partial charge in [-0.15, -0.1) is 11.3 Å². The van der Waals surface area contributed by atoms with Crippen molar-refractivity contribution in [3.8, 4) is 5.75 Å². The molecule has 0 spiro atoms. The average Bonchev–Trinajstić information content (AvgIpc) is 3.05. The summed E-state index contributed by atoms with van der Waals surface area (Å²) < 4.78 is 6.08. The molecule has 22 heavy (non-hydrogen) atoms. The van der Waals surface area contributed by atoms with Gasteiger partial charge in [-0.1, -0.05) is 22.0 Å². The molecule has 0 aliphatic rings. The largest absolute Gasteiger partial charge is 0.496 e. The van der Waals surface area contributed by atoms with Gasteiger partial charge < -0.3 is 4.74 Å². The number of carbonyl (C=O) groups excluding carboxylic acids is 2. The van der Waals surface area contributed by atoms with Gasteiger partial charge in [-0.2, -0.15) is 0 Å². The van der Waals surface area contributed by atoms with Crippen molar-refractivity contribution in [3.05, 3.63) is 56.7 Å². The second-order valence-corrected chi connectivity index (χ2v) is 6.00. The van der Waals surface area contributed by atoms with Crippen LogP contribution in [-0.2, 0) is 4.79 Å². The fourth-order valence-corrected chi connectivity index (χ4v) is 2.63. The second-order valence-electron chi connectivity index (χ2n) is 4.14. The first-order valence-corrected chi connectivity index (χ1v) is 7.93. The summed E-state index contributed by atoms with van der Waals surface area (Å²) in [5.41, 5.74) is 5.41. The fraction of sp³-hybridized carbons (Fsp3) is 0.0667. The third-order valence-corrected chi connectivity index (χ3v) is 4.01. The molecule has 114 valence electrons. The average molecular weight is 381 g/mol. The molecule has 0 aliphatic carbocycles. The summed E-state index contributed by atoms with van der Waals surface area (Å²) in [7, 11) is 1.56. The van der Waals surface area contributed by atoms with E-state index in [1.54, 1.807) is 36.8 Å². The van der Waals surface area contributed by atoms with Crippen LogP contribution in [0.4, 0.5) is 0 Å². The summed E-state index contributed by atoms with van der Waals surface area (Å²) in [4.78, 5) is 23.9. The van der Waals surface area contributed by atoms with E-state index >= 15 is 0 Å². The molecule has 0 radical (unpaired) electrons. The standard InChI is InChI=1S/C15H13BrN2O3S/c1-21-12-6-5-11(16)9-10(12)4-7-14(19)17-18-15(20)13-3-2-8-22-13/h2-9H,1H3,(H,17,19)(H,18,20). The number of hydrogen-bond acceptors (Lipinski definition) is 4. The minimum Gasteiger partial charge on any atom is -0.496 e. The molecule has 0 fully saturated rings. The maximum absolute atomic E-state index is 11.7. The summed E-state index contributed by atoms with van der Waals surface area (Å²) in [5, 5.41) is 1.79. The van der Waals surface area contributed by atoms with Gasteiger partial charge in [-0.05, 0) is 35.7 Å². The number of benzene rings is 1. The van der Waals surface area contributed by atoms with Crippen LogP contribution in [0.15, 0.2) is 46.3 Å². The van der Waals surface area contributed by atoms with Gasteiger partial charge in [-0.3, -0.25) is 20.4 Å². The summed E-state index contributed by atoms with van der Waals surface area (Å²) in [6.45, 7) is 0. The van der Waals surface area contributed by atoms with E-state index in [2.05, 4.69) is 26.8 Å². The molecule has 1 aromatic heterocycles. The highest BCUT2D eigenvalue weighted by Crippen LogP contribution is 2.23. The van der Waals surface area contributed by atoms with Crippen molar-refractivity contribution in [1.82, 2.24) is 10.9 Å². The zero-order valence-electron chi connectivity index (χ0n) is 11.6. The highest BCUT2D eigenvalue weighted by molar-refractivity contribution is 9.10. The zero-order valence-corrected chi connectivity index (χ0v) is 14.0. The molecule has 2 N–H and O–H groups in total. The van der Waals surface area contributed by atoms with Gasteiger partial charge in [-0.25, -0.2) is 0 Å². The lowest BCUT2D eigenvalue weighted by molar-refractivity contribution is -0.117. The molecule has 0 saturated carbocycles. The summed E-state index contributed by atoms with van der Waals surface area (Å²) in [5.74, 6) is -0.140. The van der Waals surface area contributed by atoms with Crippen LogP contribution in [0.3, 0.4) is 0 Å². The molecule has 2 rings (SSSR count). The van der Waals surface area contributed by atoms with Gasteiger partial charge in [0.2, 0.25) is 0 Å². The minimum absolute atomic E-state index is 0.350. The van der Waals surface area contributed by atoms with Crippen LogP contribution < -0.4 is 15.6 Å². The Kier molecular flexibility index (Phi) is 5.74. The Labute approximate surface area is 140 Å². The quantitative estimate of drug-likeness (QED) is 0.632. The van der Waals surface area contributed by atoms with Crippen molar-refractivity contribution in [2.75, 3.05) is 7.11 Å². The molecular formula is C15H13BrN2O3S. The van der Waals surface area contributed by atoms with E-state index in [9.17, 15) is 9.59 Å². The van der Waals surface area contributed by atoms with E-state index in [4.69, 9.17) is 4.74 Å². The number of ether oxygens (including phenoxy) is 1. The minimum atomic E-state index is -0.438. The number of halogens is 1. The third-order valence-electron chi connectivity index (χ3n) is 2.65. The zero-order chi connectivity index (χ0) is 15.9. The highest BCUT2D eigenvalue weighted by Gasteiger charge is 2.06. The van der Waals surface area contributed by atoms with E-state index in [0.717, 1.165) is 10.0 Å². The van der Waals surface area contributed by atoms with Gasteiger partial charge in [0.1, 0.15) is 5.75 Å². The molecule has 0 unspecified atom stereocenters. The summed E-state index contributed by atoms with van der Waals surface area (Å²) >= 11 is 4.65. The predicted molar refractivity (Wildman–Crippen MR) is 89.7 cm³/mol. The van der Waals surface area contributed by atoms with Gasteiger partial charge in [0.25, 0.3) is 11.8 Å². The maximum atomic E-state index is 11.7. The van der Waals surface area contributed by atoms with Crippen LogP contribution in [0.25, 0.3) is 6.08 Å². The Morgan fingerprint density at radius 1 is 1.27 bits per heavy atom. The Bertz CT molecular complexity index is 699. The molecule has 7 heteroatoms. The fourth-order valence-electron chi connectivity index (χ4n) is 1.63. The molecule has 0 saturated heterocycles. The lowest BCUT2D eigenvalue weighted by Gasteiger charge is -2.05. The van der Waals surface area contributed by atoms with Crippen molar-refractivity contribution in [2.24, 2.45) is 0 Å². The SMILES string of the molecule is COc1ccc(Br)cc1C=CC(=O)NNC(=O)c1cccs1. The second kappa shape index (κ2) is 7.77. The first-order chi connectivity index (χ1) is 10.6. The number of methoxy groups -OCH3 is 1. The molecule has 1 aromatic carbocycles. The van der Waals surface area contributed by atoms with Crippen molar-refractivity contribution >= 4 is 45.2 Å². The summed E-state index contributed by atoms with van der Waals surface area (Å²) in [6.07, 6.45) is 2.93. The Morgan fingerprint density at radius 3 is 2.77 bits per heavy atom. The van der Waals surface area contributed by atoms with Gasteiger partial charge in [0.15, 0.2) is 0 Å². The van der Waals surface area contributed by atoms with E-state index in [-0.39, 0.29) is 5.91 Å². The van der Waals surface area contributed by atoms with Gasteiger partial charge in [0, 0.05) is 16.1 Å². The lowest BCUT2D eigenvalue weighted by atomic mass is 10.2. The molecule has 1 heterocycles. The number of thiophene rings is 1. The van der Waals surface area contributed by atoms with Crippen LogP contribution in [0.1, 0.15) is 15.2 Å². The van der Waals surface area contributed by atoms with E-state index in [1.807, 2.05) is 12.1 Å². The monoisotopic (exact) mass is 380 g/mol. The van der Waals surface area contributed by atoms with Crippen LogP contribution in [0.2, 0.25) is 0 Å². The normalized spacial score (nSPS) is 10.5. The van der Waals surface area contributed by atoms with Crippen molar-refractivity contribution in [2.45, 2.75) is 0 Å². The lowest BCUT2D eigenvalue weighted by Crippen LogP contribution is -2.40. The van der Waals surface area contributed by atoms with Crippen molar-refractivity contribution in [3.63, 3.8) is 0 Å². The number of hydrogen-bond donors (Lipinski definition) is 2. The van der Waals surface area contributed by atoms with Gasteiger partial charge in [0.05, 0.1) is 12.0 Å². The molecule has 2 amide bonds. The Hall–Kier alpha value is -2.12. The maximum Gasteiger partial charge on any atom is 0.279 e. The predicted octanol–water partition coefficient (Wildman–Crippen LogP) is 2.99. The smallest absolute Gasteiger partial charge is 0.279 e. The van der Waals surface area contributed by atoms with Crippen LogP contribution in [-0.4, -0.2) is 18.9 Å². The summed E-state index contributed by atoms with van der Waals surface area (Å²) in [6, 6.07) is 8.90. The van der Waals surface area contributed by atoms with Crippen molar-refractivity contribution < 1.29 is 14.3 Å². The first kappa shape index (κ1) is 16.3. The molecule has 0 atom stereocenters. The van der Waals surface area contributed by atoms with E-state index in [0.29, 0.717) is 10.6 Å². The Morgan fingerprint density at radius 2 is 2.09 bits per heavy atom.